The Morgan fingerprint density at radius 2 is 1.78 bits per heavy atom. The van der Waals surface area contributed by atoms with Crippen LogP contribution in [0.4, 0.5) is 0 Å². The van der Waals surface area contributed by atoms with Crippen LogP contribution in [0.1, 0.15) is 56.3 Å². The average molecular weight is 440 g/mol. The maximum Gasteiger partial charge on any atom is 0.422 e. The number of unbranched alkanes of at least 4 members (excludes halogenated alkanes) is 2. The number of rotatable bonds is 9. The van der Waals surface area contributed by atoms with Crippen molar-refractivity contribution in [3.8, 4) is 5.75 Å². The number of ether oxygens (including phenoxy) is 2. The van der Waals surface area contributed by atoms with E-state index in [1.807, 2.05) is 0 Å². The molecule has 1 aromatic carbocycles. The maximum atomic E-state index is 12.4. The number of hydrogen-bond acceptors (Lipinski definition) is 5. The summed E-state index contributed by atoms with van der Waals surface area (Å²) >= 11 is 17.8. The van der Waals surface area contributed by atoms with Gasteiger partial charge in [0.1, 0.15) is 5.56 Å². The number of carboxylic acid groups (broad SMARTS) is 1. The second-order valence-electron chi connectivity index (χ2n) is 6.05. The Bertz CT molecular complexity index is 705. The molecule has 0 bridgehead atoms. The number of esters is 2. The lowest BCUT2D eigenvalue weighted by Crippen LogP contribution is -2.21. The van der Waals surface area contributed by atoms with Gasteiger partial charge in [0.25, 0.3) is 0 Å². The predicted octanol–water partition coefficient (Wildman–Crippen LogP) is 5.40. The summed E-state index contributed by atoms with van der Waals surface area (Å²) in [6, 6.07) is 1.14. The van der Waals surface area contributed by atoms with Crippen molar-refractivity contribution in [2.45, 2.75) is 46.0 Å². The molecular weight excluding hydrogens is 419 g/mol. The van der Waals surface area contributed by atoms with Crippen molar-refractivity contribution in [3.63, 3.8) is 0 Å². The summed E-state index contributed by atoms with van der Waals surface area (Å²) in [6.45, 7) is 4.46. The molecule has 1 N–H and O–H groups in total. The van der Waals surface area contributed by atoms with E-state index in [0.717, 1.165) is 31.7 Å². The number of aliphatic carboxylic acids is 1. The first kappa shape index (κ1) is 23.5. The molecule has 0 spiro atoms. The summed E-state index contributed by atoms with van der Waals surface area (Å²) in [5, 5.41) is 8.14. The molecule has 9 heteroatoms. The highest BCUT2D eigenvalue weighted by Gasteiger charge is 2.27. The normalized spacial score (nSPS) is 11.7. The van der Waals surface area contributed by atoms with E-state index < -0.39 is 23.7 Å². The molecule has 1 atom stereocenters. The fourth-order valence-corrected chi connectivity index (χ4v) is 2.93. The number of carbonyl (C=O) groups excluding carboxylic acids is 2. The molecule has 0 saturated heterocycles. The second kappa shape index (κ2) is 11.4. The Morgan fingerprint density at radius 1 is 1.11 bits per heavy atom. The van der Waals surface area contributed by atoms with Crippen molar-refractivity contribution in [3.05, 3.63) is 26.7 Å². The molecular formula is C18H21Cl3O6. The molecule has 1 unspecified atom stereocenters. The van der Waals surface area contributed by atoms with Crippen molar-refractivity contribution in [1.29, 1.82) is 0 Å². The molecule has 0 aliphatic carbocycles. The summed E-state index contributed by atoms with van der Waals surface area (Å²) in [7, 11) is 0. The van der Waals surface area contributed by atoms with Gasteiger partial charge in [-0.15, -0.1) is 0 Å². The van der Waals surface area contributed by atoms with E-state index in [2.05, 4.69) is 18.6 Å². The summed E-state index contributed by atoms with van der Waals surface area (Å²) in [5.74, 6) is -4.21. The fourth-order valence-electron chi connectivity index (χ4n) is 2.21. The largest absolute Gasteiger partial charge is 0.473 e. The Morgan fingerprint density at radius 3 is 2.37 bits per heavy atom. The lowest BCUT2D eigenvalue weighted by molar-refractivity contribution is -0.158. The highest BCUT2D eigenvalue weighted by atomic mass is 35.5. The monoisotopic (exact) mass is 438 g/mol. The minimum Gasteiger partial charge on any atom is -0.473 e. The molecule has 0 aliphatic rings. The maximum absolute atomic E-state index is 12.4. The van der Waals surface area contributed by atoms with E-state index in [-0.39, 0.29) is 27.2 Å². The van der Waals surface area contributed by atoms with Crippen LogP contribution in [0.3, 0.4) is 0 Å². The Labute approximate surface area is 172 Å². The zero-order chi connectivity index (χ0) is 20.6. The molecule has 0 aliphatic heterocycles. The van der Waals surface area contributed by atoms with Gasteiger partial charge in [0, 0.05) is 0 Å². The molecule has 0 aromatic heterocycles. The van der Waals surface area contributed by atoms with E-state index >= 15 is 0 Å². The summed E-state index contributed by atoms with van der Waals surface area (Å²) < 4.78 is 9.82. The van der Waals surface area contributed by atoms with E-state index in [1.165, 1.54) is 0 Å². The molecule has 1 rings (SSSR count). The van der Waals surface area contributed by atoms with Crippen LogP contribution in [0.25, 0.3) is 0 Å². The molecule has 0 saturated carbocycles. The van der Waals surface area contributed by atoms with Crippen LogP contribution in [0, 0.1) is 5.92 Å². The smallest absolute Gasteiger partial charge is 0.422 e. The highest BCUT2D eigenvalue weighted by molar-refractivity contribution is 6.46. The molecule has 1 aromatic rings. The van der Waals surface area contributed by atoms with E-state index in [4.69, 9.17) is 44.6 Å². The summed E-state index contributed by atoms with van der Waals surface area (Å²) in [6.07, 6.45) is 4.80. The molecule has 0 amide bonds. The van der Waals surface area contributed by atoms with Gasteiger partial charge in [0.15, 0.2) is 5.75 Å². The van der Waals surface area contributed by atoms with Gasteiger partial charge in [-0.1, -0.05) is 74.3 Å². The van der Waals surface area contributed by atoms with E-state index in [0.29, 0.717) is 12.3 Å². The van der Waals surface area contributed by atoms with Gasteiger partial charge in [-0.05, 0) is 18.4 Å². The van der Waals surface area contributed by atoms with Gasteiger partial charge < -0.3 is 14.6 Å². The third kappa shape index (κ3) is 7.20. The van der Waals surface area contributed by atoms with Gasteiger partial charge in [0.05, 0.1) is 21.7 Å². The van der Waals surface area contributed by atoms with Crippen LogP contribution in [0.15, 0.2) is 6.07 Å². The molecule has 27 heavy (non-hydrogen) atoms. The fraction of sp³-hybridized carbons (Fsp3) is 0.500. The third-order valence-electron chi connectivity index (χ3n) is 3.97. The molecule has 0 radical (unpaired) electrons. The van der Waals surface area contributed by atoms with Crippen LogP contribution in [0.2, 0.25) is 15.1 Å². The van der Waals surface area contributed by atoms with Gasteiger partial charge in [-0.3, -0.25) is 0 Å². The van der Waals surface area contributed by atoms with Crippen molar-refractivity contribution < 1.29 is 29.0 Å². The van der Waals surface area contributed by atoms with Crippen molar-refractivity contribution in [2.24, 2.45) is 5.92 Å². The van der Waals surface area contributed by atoms with Gasteiger partial charge >= 0.3 is 17.9 Å². The Kier molecular flexibility index (Phi) is 9.91. The standard InChI is InChI=1S/C18H21Cl3O6/c1-3-10(2)7-5-4-6-8-26-17(24)13-14(21)11(19)9-12(20)15(13)27-18(25)16(22)23/h9-10H,3-8H2,1-2H3,(H,22,23). The number of carbonyl (C=O) groups is 3. The van der Waals surface area contributed by atoms with Gasteiger partial charge in [-0.2, -0.15) is 0 Å². The molecule has 150 valence electrons. The van der Waals surface area contributed by atoms with Crippen molar-refractivity contribution in [2.75, 3.05) is 6.61 Å². The lowest BCUT2D eigenvalue weighted by atomic mass is 10.0. The Balaban J connectivity index is 2.80. The quantitative estimate of drug-likeness (QED) is 0.182. The van der Waals surface area contributed by atoms with Crippen LogP contribution in [0.5, 0.6) is 5.75 Å². The first-order valence-electron chi connectivity index (χ1n) is 8.48. The van der Waals surface area contributed by atoms with Crippen LogP contribution in [-0.2, 0) is 14.3 Å². The van der Waals surface area contributed by atoms with Crippen molar-refractivity contribution >= 4 is 52.7 Å². The second-order valence-corrected chi connectivity index (χ2v) is 7.24. The molecule has 0 heterocycles. The van der Waals surface area contributed by atoms with Gasteiger partial charge in [-0.25, -0.2) is 14.4 Å². The molecule has 6 nitrogen and oxygen atoms in total. The summed E-state index contributed by atoms with van der Waals surface area (Å²) in [5.41, 5.74) is -0.386. The van der Waals surface area contributed by atoms with Crippen molar-refractivity contribution in [1.82, 2.24) is 0 Å². The molecule has 0 fully saturated rings. The van der Waals surface area contributed by atoms with Crippen LogP contribution < -0.4 is 4.74 Å². The average Bonchev–Trinajstić information content (AvgIpc) is 2.61. The van der Waals surface area contributed by atoms with Crippen LogP contribution in [-0.4, -0.2) is 29.6 Å². The zero-order valence-electron chi connectivity index (χ0n) is 15.0. The number of benzene rings is 1. The van der Waals surface area contributed by atoms with E-state index in [1.54, 1.807) is 0 Å². The third-order valence-corrected chi connectivity index (χ3v) is 5.04. The lowest BCUT2D eigenvalue weighted by Gasteiger charge is -2.13. The number of carboxylic acids is 1. The SMILES string of the molecule is CCC(C)CCCCCOC(=O)c1c(Cl)c(Cl)cc(Cl)c1OC(=O)C(=O)O. The van der Waals surface area contributed by atoms with Crippen LogP contribution >= 0.6 is 34.8 Å². The number of halogens is 3. The first-order chi connectivity index (χ1) is 12.7. The summed E-state index contributed by atoms with van der Waals surface area (Å²) in [4.78, 5) is 34.4. The zero-order valence-corrected chi connectivity index (χ0v) is 17.3. The highest BCUT2D eigenvalue weighted by Crippen LogP contribution is 2.39. The van der Waals surface area contributed by atoms with E-state index in [9.17, 15) is 14.4 Å². The Hall–Kier alpha value is -1.50. The first-order valence-corrected chi connectivity index (χ1v) is 9.62. The van der Waals surface area contributed by atoms with Gasteiger partial charge in [0.2, 0.25) is 0 Å². The number of hydrogen-bond donors (Lipinski definition) is 1. The predicted molar refractivity (Wildman–Crippen MR) is 103 cm³/mol. The minimum absolute atomic E-state index is 0.0581. The minimum atomic E-state index is -1.85. The topological polar surface area (TPSA) is 89.9 Å².